The molecule has 0 aromatic carbocycles. The summed E-state index contributed by atoms with van der Waals surface area (Å²) >= 11 is 1.12. The zero-order valence-electron chi connectivity index (χ0n) is 4.47. The predicted molar refractivity (Wildman–Crippen MR) is 35.1 cm³/mol. The predicted octanol–water partition coefficient (Wildman–Crippen LogP) is 2.91. The van der Waals surface area contributed by atoms with E-state index in [1.54, 1.807) is 0 Å². The molecule has 0 nitrogen and oxygen atoms in total. The van der Waals surface area contributed by atoms with Crippen LogP contribution in [0.4, 0.5) is 8.78 Å². The van der Waals surface area contributed by atoms with Crippen molar-refractivity contribution in [3.05, 3.63) is 34.6 Å². The molecule has 0 atom stereocenters. The summed E-state index contributed by atoms with van der Waals surface area (Å²) in [5.41, 5.74) is 0. The third kappa shape index (κ3) is 2.01. The van der Waals surface area contributed by atoms with E-state index < -0.39 is 11.7 Å². The minimum atomic E-state index is -0.547. The zero-order chi connectivity index (χ0) is 6.69. The van der Waals surface area contributed by atoms with E-state index in [1.807, 2.05) is 0 Å². The molecule has 0 unspecified atom stereocenters. The first kappa shape index (κ1) is 6.55. The maximum atomic E-state index is 12.2. The molecule has 3 heteroatoms. The third-order valence-corrected chi connectivity index (χ3v) is 1.42. The van der Waals surface area contributed by atoms with Gasteiger partial charge in [0.1, 0.15) is 11.7 Å². The Morgan fingerprint density at radius 1 is 1.22 bits per heavy atom. The molecule has 0 saturated carbocycles. The summed E-state index contributed by atoms with van der Waals surface area (Å²) in [7, 11) is 0. The van der Waals surface area contributed by atoms with Crippen LogP contribution in [-0.4, -0.2) is 0 Å². The highest BCUT2D eigenvalue weighted by Gasteiger charge is 1.95. The zero-order valence-corrected chi connectivity index (χ0v) is 5.29. The van der Waals surface area contributed by atoms with Crippen LogP contribution in [0.15, 0.2) is 34.6 Å². The molecule has 0 aliphatic carbocycles. The summed E-state index contributed by atoms with van der Waals surface area (Å²) in [6.07, 6.45) is 2.06. The standard InChI is InChI=1S/C6H4F2S/c7-5-1-2-9-4-6(8)3-5/h1-4H. The Balaban J connectivity index is 2.82. The van der Waals surface area contributed by atoms with E-state index in [0.29, 0.717) is 0 Å². The second-order valence-electron chi connectivity index (χ2n) is 1.47. The molecule has 0 aromatic heterocycles. The van der Waals surface area contributed by atoms with Crippen LogP contribution in [0.3, 0.4) is 0 Å². The molecular weight excluding hydrogens is 142 g/mol. The monoisotopic (exact) mass is 146 g/mol. The van der Waals surface area contributed by atoms with Crippen molar-refractivity contribution in [1.29, 1.82) is 0 Å². The largest absolute Gasteiger partial charge is 0.207 e. The second-order valence-corrected chi connectivity index (χ2v) is 2.25. The molecular formula is C6H4F2S. The van der Waals surface area contributed by atoms with Gasteiger partial charge in [-0.2, -0.15) is 0 Å². The van der Waals surface area contributed by atoms with Gasteiger partial charge in [-0.15, -0.1) is 11.8 Å². The molecule has 0 spiro atoms. The van der Waals surface area contributed by atoms with Crippen LogP contribution >= 0.6 is 11.8 Å². The van der Waals surface area contributed by atoms with Gasteiger partial charge >= 0.3 is 0 Å². The fourth-order valence-electron chi connectivity index (χ4n) is 0.422. The van der Waals surface area contributed by atoms with Crippen molar-refractivity contribution < 1.29 is 8.78 Å². The SMILES string of the molecule is FC1=CSC=CC(F)=C1. The lowest BCUT2D eigenvalue weighted by molar-refractivity contribution is 0.633. The van der Waals surface area contributed by atoms with Gasteiger partial charge in [-0.25, -0.2) is 8.78 Å². The smallest absolute Gasteiger partial charge is 0.132 e. The Kier molecular flexibility index (Phi) is 2.05. The van der Waals surface area contributed by atoms with E-state index in [-0.39, 0.29) is 0 Å². The highest BCUT2D eigenvalue weighted by Crippen LogP contribution is 2.18. The van der Waals surface area contributed by atoms with Crippen molar-refractivity contribution in [1.82, 2.24) is 0 Å². The molecule has 0 N–H and O–H groups in total. The van der Waals surface area contributed by atoms with Crippen LogP contribution in [0.2, 0.25) is 0 Å². The summed E-state index contributed by atoms with van der Waals surface area (Å²) < 4.78 is 24.4. The van der Waals surface area contributed by atoms with Gasteiger partial charge in [0.2, 0.25) is 0 Å². The Labute approximate surface area is 55.9 Å². The lowest BCUT2D eigenvalue weighted by Gasteiger charge is -1.80. The Hall–Kier alpha value is -0.570. The highest BCUT2D eigenvalue weighted by molar-refractivity contribution is 8.04. The van der Waals surface area contributed by atoms with Gasteiger partial charge in [-0.05, 0) is 11.5 Å². The van der Waals surface area contributed by atoms with E-state index in [2.05, 4.69) is 0 Å². The molecule has 1 aliphatic rings. The molecule has 0 aromatic rings. The van der Waals surface area contributed by atoms with Gasteiger partial charge < -0.3 is 0 Å². The maximum Gasteiger partial charge on any atom is 0.132 e. The quantitative estimate of drug-likeness (QED) is 0.506. The molecule has 0 radical (unpaired) electrons. The van der Waals surface area contributed by atoms with Gasteiger partial charge in [0, 0.05) is 11.5 Å². The molecule has 1 heterocycles. The fourth-order valence-corrected chi connectivity index (χ4v) is 0.908. The van der Waals surface area contributed by atoms with Crippen LogP contribution in [0, 0.1) is 0 Å². The van der Waals surface area contributed by atoms with Gasteiger partial charge in [-0.3, -0.25) is 0 Å². The molecule has 1 rings (SSSR count). The van der Waals surface area contributed by atoms with Crippen molar-refractivity contribution in [3.63, 3.8) is 0 Å². The van der Waals surface area contributed by atoms with Crippen molar-refractivity contribution in [2.45, 2.75) is 0 Å². The van der Waals surface area contributed by atoms with Crippen LogP contribution < -0.4 is 0 Å². The normalized spacial score (nSPS) is 18.4. The second kappa shape index (κ2) is 2.82. The number of hydrogen-bond donors (Lipinski definition) is 0. The van der Waals surface area contributed by atoms with Gasteiger partial charge in [0.25, 0.3) is 0 Å². The van der Waals surface area contributed by atoms with E-state index in [4.69, 9.17) is 0 Å². The molecule has 0 bridgehead atoms. The van der Waals surface area contributed by atoms with Gasteiger partial charge in [0.05, 0.1) is 0 Å². The summed E-state index contributed by atoms with van der Waals surface area (Å²) in [6, 6.07) is 0. The summed E-state index contributed by atoms with van der Waals surface area (Å²) in [6.45, 7) is 0. The third-order valence-electron chi connectivity index (χ3n) is 0.762. The topological polar surface area (TPSA) is 0 Å². The summed E-state index contributed by atoms with van der Waals surface area (Å²) in [5, 5.41) is 2.72. The van der Waals surface area contributed by atoms with Gasteiger partial charge in [0.15, 0.2) is 0 Å². The number of thioether (sulfide) groups is 1. The maximum absolute atomic E-state index is 12.2. The minimum absolute atomic E-state index is 0.539. The fraction of sp³-hybridized carbons (Fsp3) is 0. The summed E-state index contributed by atoms with van der Waals surface area (Å²) in [5.74, 6) is -1.09. The van der Waals surface area contributed by atoms with E-state index >= 15 is 0 Å². The van der Waals surface area contributed by atoms with Crippen LogP contribution in [0.1, 0.15) is 0 Å². The van der Waals surface area contributed by atoms with E-state index in [1.165, 1.54) is 16.9 Å². The van der Waals surface area contributed by atoms with E-state index in [0.717, 1.165) is 17.8 Å². The van der Waals surface area contributed by atoms with Crippen molar-refractivity contribution in [2.24, 2.45) is 0 Å². The van der Waals surface area contributed by atoms with Crippen molar-refractivity contribution in [2.75, 3.05) is 0 Å². The molecule has 0 saturated heterocycles. The Bertz CT molecular complexity index is 191. The van der Waals surface area contributed by atoms with Crippen LogP contribution in [-0.2, 0) is 0 Å². The van der Waals surface area contributed by atoms with E-state index in [9.17, 15) is 8.78 Å². The number of rotatable bonds is 0. The molecule has 1 aliphatic heterocycles. The first-order valence-electron chi connectivity index (χ1n) is 2.34. The lowest BCUT2D eigenvalue weighted by Crippen LogP contribution is -1.63. The Morgan fingerprint density at radius 3 is 2.78 bits per heavy atom. The number of halogens is 2. The average Bonchev–Trinajstić information content (AvgIpc) is 1.93. The molecule has 9 heavy (non-hydrogen) atoms. The highest BCUT2D eigenvalue weighted by atomic mass is 32.2. The molecule has 0 fully saturated rings. The minimum Gasteiger partial charge on any atom is -0.207 e. The van der Waals surface area contributed by atoms with Gasteiger partial charge in [-0.1, -0.05) is 0 Å². The molecule has 48 valence electrons. The van der Waals surface area contributed by atoms with Crippen molar-refractivity contribution in [3.8, 4) is 0 Å². The van der Waals surface area contributed by atoms with Crippen molar-refractivity contribution >= 4 is 11.8 Å². The first-order chi connectivity index (χ1) is 4.29. The first-order valence-corrected chi connectivity index (χ1v) is 3.28. The average molecular weight is 146 g/mol. The number of hydrogen-bond acceptors (Lipinski definition) is 1. The lowest BCUT2D eigenvalue weighted by atomic mass is 10.4. The molecule has 0 amide bonds. The van der Waals surface area contributed by atoms with Crippen LogP contribution in [0.25, 0.3) is 0 Å². The van der Waals surface area contributed by atoms with Crippen LogP contribution in [0.5, 0.6) is 0 Å². The number of allylic oxidation sites excluding steroid dienone is 4. The Morgan fingerprint density at radius 2 is 2.00 bits per heavy atom. The summed E-state index contributed by atoms with van der Waals surface area (Å²) in [4.78, 5) is 0.